The predicted molar refractivity (Wildman–Crippen MR) is 76.2 cm³/mol. The molecule has 0 saturated heterocycles. The Morgan fingerprint density at radius 2 is 2.21 bits per heavy atom. The van der Waals surface area contributed by atoms with Crippen LogP contribution in [0.3, 0.4) is 0 Å². The molecule has 0 atom stereocenters. The van der Waals surface area contributed by atoms with Gasteiger partial charge in [-0.25, -0.2) is 0 Å². The number of aromatic amines is 1. The third kappa shape index (κ3) is 2.87. The number of hydrogen-bond acceptors (Lipinski definition) is 3. The van der Waals surface area contributed by atoms with Crippen molar-refractivity contribution in [1.29, 1.82) is 0 Å². The van der Waals surface area contributed by atoms with Gasteiger partial charge in [0.05, 0.1) is 10.6 Å². The van der Waals surface area contributed by atoms with E-state index >= 15 is 0 Å². The molecule has 1 fully saturated rings. The fourth-order valence-electron chi connectivity index (χ4n) is 2.50. The van der Waals surface area contributed by atoms with Crippen LogP contribution in [-0.4, -0.2) is 22.1 Å². The average molecular weight is 275 g/mol. The fraction of sp³-hybridized carbons (Fsp3) is 0.429. The normalized spacial score (nSPS) is 16.4. The van der Waals surface area contributed by atoms with Gasteiger partial charge in [0.2, 0.25) is 0 Å². The summed E-state index contributed by atoms with van der Waals surface area (Å²) in [5.41, 5.74) is 1.39. The molecule has 2 heterocycles. The van der Waals surface area contributed by atoms with Gasteiger partial charge in [0.25, 0.3) is 5.91 Å². The maximum Gasteiger partial charge on any atom is 0.272 e. The van der Waals surface area contributed by atoms with E-state index < -0.39 is 0 Å². The summed E-state index contributed by atoms with van der Waals surface area (Å²) < 4.78 is 0. The summed E-state index contributed by atoms with van der Waals surface area (Å²) in [5, 5.41) is 12.1. The SMILES string of the molecule is O=C(NC1CCCCC1)c1cc(-c2cccs2)[nH]n1. The van der Waals surface area contributed by atoms with Crippen molar-refractivity contribution in [1.82, 2.24) is 15.5 Å². The molecule has 0 spiro atoms. The summed E-state index contributed by atoms with van der Waals surface area (Å²) in [4.78, 5) is 13.2. The molecule has 0 aliphatic heterocycles. The lowest BCUT2D eigenvalue weighted by molar-refractivity contribution is 0.0922. The van der Waals surface area contributed by atoms with E-state index in [2.05, 4.69) is 15.5 Å². The zero-order valence-electron chi connectivity index (χ0n) is 10.7. The lowest BCUT2D eigenvalue weighted by Gasteiger charge is -2.22. The lowest BCUT2D eigenvalue weighted by Crippen LogP contribution is -2.36. The molecule has 1 saturated carbocycles. The molecule has 4 nitrogen and oxygen atoms in total. The van der Waals surface area contributed by atoms with Crippen LogP contribution in [0.15, 0.2) is 23.6 Å². The minimum Gasteiger partial charge on any atom is -0.348 e. The van der Waals surface area contributed by atoms with Gasteiger partial charge in [-0.2, -0.15) is 5.10 Å². The third-order valence-corrected chi connectivity index (χ3v) is 4.44. The van der Waals surface area contributed by atoms with Gasteiger partial charge in [-0.05, 0) is 30.4 Å². The molecule has 5 heteroatoms. The number of carbonyl (C=O) groups excluding carboxylic acids is 1. The molecule has 0 bridgehead atoms. The Bertz CT molecular complexity index is 541. The van der Waals surface area contributed by atoms with E-state index in [1.165, 1.54) is 19.3 Å². The van der Waals surface area contributed by atoms with E-state index in [9.17, 15) is 4.79 Å². The van der Waals surface area contributed by atoms with Crippen LogP contribution in [0.1, 0.15) is 42.6 Å². The predicted octanol–water partition coefficient (Wildman–Crippen LogP) is 3.20. The number of hydrogen-bond donors (Lipinski definition) is 2. The molecule has 1 aliphatic carbocycles. The molecule has 2 aromatic heterocycles. The van der Waals surface area contributed by atoms with Crippen LogP contribution in [0.5, 0.6) is 0 Å². The minimum atomic E-state index is -0.0639. The Labute approximate surface area is 116 Å². The highest BCUT2D eigenvalue weighted by molar-refractivity contribution is 7.13. The molecule has 1 aliphatic rings. The van der Waals surface area contributed by atoms with E-state index in [4.69, 9.17) is 0 Å². The number of thiophene rings is 1. The maximum atomic E-state index is 12.1. The molecule has 19 heavy (non-hydrogen) atoms. The summed E-state index contributed by atoms with van der Waals surface area (Å²) in [6, 6.07) is 6.15. The standard InChI is InChI=1S/C14H17N3OS/c18-14(15-10-5-2-1-3-6-10)12-9-11(16-17-12)13-7-4-8-19-13/h4,7-10H,1-3,5-6H2,(H,15,18)(H,16,17). The number of H-pyrrole nitrogens is 1. The molecule has 100 valence electrons. The third-order valence-electron chi connectivity index (χ3n) is 3.54. The van der Waals surface area contributed by atoms with Crippen molar-refractivity contribution in [2.75, 3.05) is 0 Å². The smallest absolute Gasteiger partial charge is 0.272 e. The summed E-state index contributed by atoms with van der Waals surface area (Å²) in [6.07, 6.45) is 5.90. The molecule has 0 radical (unpaired) electrons. The first kappa shape index (κ1) is 12.4. The van der Waals surface area contributed by atoms with Gasteiger partial charge in [0.15, 0.2) is 5.69 Å². The van der Waals surface area contributed by atoms with Gasteiger partial charge in [-0.15, -0.1) is 11.3 Å². The molecule has 3 rings (SSSR count). The Morgan fingerprint density at radius 1 is 1.37 bits per heavy atom. The molecule has 0 aromatic carbocycles. The second-order valence-electron chi connectivity index (χ2n) is 4.95. The highest BCUT2D eigenvalue weighted by Gasteiger charge is 2.18. The number of nitrogens with zero attached hydrogens (tertiary/aromatic N) is 1. The van der Waals surface area contributed by atoms with Crippen molar-refractivity contribution >= 4 is 17.2 Å². The van der Waals surface area contributed by atoms with Crippen molar-refractivity contribution < 1.29 is 4.79 Å². The Hall–Kier alpha value is -1.62. The van der Waals surface area contributed by atoms with E-state index in [0.29, 0.717) is 11.7 Å². The molecule has 0 unspecified atom stereocenters. The van der Waals surface area contributed by atoms with Gasteiger partial charge in [0.1, 0.15) is 0 Å². The second kappa shape index (κ2) is 5.57. The van der Waals surface area contributed by atoms with Gasteiger partial charge >= 0.3 is 0 Å². The van der Waals surface area contributed by atoms with Crippen LogP contribution in [0.25, 0.3) is 10.6 Å². The van der Waals surface area contributed by atoms with E-state index in [1.54, 1.807) is 11.3 Å². The molecule has 2 aromatic rings. The molecular weight excluding hydrogens is 258 g/mol. The number of rotatable bonds is 3. The minimum absolute atomic E-state index is 0.0639. The highest BCUT2D eigenvalue weighted by atomic mass is 32.1. The first-order valence-corrected chi connectivity index (χ1v) is 7.61. The summed E-state index contributed by atoms with van der Waals surface area (Å²) in [6.45, 7) is 0. The summed E-state index contributed by atoms with van der Waals surface area (Å²) >= 11 is 1.63. The van der Waals surface area contributed by atoms with Gasteiger partial charge in [-0.1, -0.05) is 25.3 Å². The quantitative estimate of drug-likeness (QED) is 0.903. The largest absolute Gasteiger partial charge is 0.348 e. The van der Waals surface area contributed by atoms with Gasteiger partial charge < -0.3 is 5.32 Å². The van der Waals surface area contributed by atoms with E-state index in [-0.39, 0.29) is 5.91 Å². The zero-order chi connectivity index (χ0) is 13.1. The summed E-state index contributed by atoms with van der Waals surface area (Å²) in [7, 11) is 0. The number of carbonyl (C=O) groups is 1. The van der Waals surface area contributed by atoms with Crippen LogP contribution in [0.4, 0.5) is 0 Å². The molecule has 1 amide bonds. The Kier molecular flexibility index (Phi) is 3.64. The van der Waals surface area contributed by atoms with Crippen molar-refractivity contribution in [2.24, 2.45) is 0 Å². The monoisotopic (exact) mass is 275 g/mol. The van der Waals surface area contributed by atoms with E-state index in [0.717, 1.165) is 23.4 Å². The van der Waals surface area contributed by atoms with Gasteiger partial charge in [-0.3, -0.25) is 9.89 Å². The maximum absolute atomic E-state index is 12.1. The number of nitrogens with one attached hydrogen (secondary N) is 2. The second-order valence-corrected chi connectivity index (χ2v) is 5.90. The van der Waals surface area contributed by atoms with Crippen LogP contribution >= 0.6 is 11.3 Å². The van der Waals surface area contributed by atoms with Crippen LogP contribution in [0.2, 0.25) is 0 Å². The Morgan fingerprint density at radius 3 is 2.95 bits per heavy atom. The summed E-state index contributed by atoms with van der Waals surface area (Å²) in [5.74, 6) is -0.0639. The van der Waals surface area contributed by atoms with Crippen LogP contribution < -0.4 is 5.32 Å². The van der Waals surface area contributed by atoms with Crippen LogP contribution in [0, 0.1) is 0 Å². The fourth-order valence-corrected chi connectivity index (χ4v) is 3.19. The van der Waals surface area contributed by atoms with Crippen molar-refractivity contribution in [3.05, 3.63) is 29.3 Å². The topological polar surface area (TPSA) is 57.8 Å². The average Bonchev–Trinajstić information content (AvgIpc) is 3.11. The Balaban J connectivity index is 1.67. The van der Waals surface area contributed by atoms with Crippen molar-refractivity contribution in [3.8, 4) is 10.6 Å². The molecular formula is C14H17N3OS. The van der Waals surface area contributed by atoms with Crippen LogP contribution in [-0.2, 0) is 0 Å². The van der Waals surface area contributed by atoms with Crippen molar-refractivity contribution in [3.63, 3.8) is 0 Å². The van der Waals surface area contributed by atoms with E-state index in [1.807, 2.05) is 23.6 Å². The zero-order valence-corrected chi connectivity index (χ0v) is 11.5. The number of aromatic nitrogens is 2. The number of amides is 1. The van der Waals surface area contributed by atoms with Crippen molar-refractivity contribution in [2.45, 2.75) is 38.1 Å². The first-order valence-electron chi connectivity index (χ1n) is 6.73. The first-order chi connectivity index (χ1) is 9.33. The highest BCUT2D eigenvalue weighted by Crippen LogP contribution is 2.23. The molecule has 2 N–H and O–H groups in total. The van der Waals surface area contributed by atoms with Gasteiger partial charge in [0, 0.05) is 6.04 Å². The lowest BCUT2D eigenvalue weighted by atomic mass is 9.95.